The van der Waals surface area contributed by atoms with E-state index in [0.29, 0.717) is 17.5 Å². The molecule has 1 heterocycles. The van der Waals surface area contributed by atoms with Gasteiger partial charge >= 0.3 is 0 Å². The van der Waals surface area contributed by atoms with E-state index < -0.39 is 0 Å². The molecule has 0 fully saturated rings. The van der Waals surface area contributed by atoms with E-state index in [4.69, 9.17) is 16.6 Å². The van der Waals surface area contributed by atoms with Crippen molar-refractivity contribution in [3.63, 3.8) is 0 Å². The van der Waals surface area contributed by atoms with Crippen LogP contribution in [-0.2, 0) is 0 Å². The van der Waals surface area contributed by atoms with Gasteiger partial charge in [-0.1, -0.05) is 12.1 Å². The number of hydrogen-bond acceptors (Lipinski definition) is 6. The van der Waals surface area contributed by atoms with E-state index in [1.165, 1.54) is 0 Å². The van der Waals surface area contributed by atoms with Gasteiger partial charge in [0, 0.05) is 18.9 Å². The van der Waals surface area contributed by atoms with Gasteiger partial charge in [-0.05, 0) is 30.7 Å². The number of hydrogen-bond donors (Lipinski definition) is 7. The third-order valence-electron chi connectivity index (χ3n) is 3.04. The van der Waals surface area contributed by atoms with Gasteiger partial charge in [-0.15, -0.1) is 0 Å². The van der Waals surface area contributed by atoms with Crippen LogP contribution in [0.4, 0.5) is 17.5 Å². The van der Waals surface area contributed by atoms with Gasteiger partial charge in [0.05, 0.1) is 5.71 Å². The summed E-state index contributed by atoms with van der Waals surface area (Å²) in [5.41, 5.74) is 10.00. The van der Waals surface area contributed by atoms with Crippen molar-refractivity contribution in [1.29, 1.82) is 10.8 Å². The number of guanidine groups is 2. The normalized spacial score (nSPS) is 10.7. The minimum atomic E-state index is -0.221. The summed E-state index contributed by atoms with van der Waals surface area (Å²) in [6.07, 6.45) is 1.59. The van der Waals surface area contributed by atoms with E-state index in [1.807, 2.05) is 31.2 Å². The van der Waals surface area contributed by atoms with Crippen LogP contribution >= 0.6 is 0 Å². The maximum Gasteiger partial charge on any atom is 0.231 e. The molecule has 10 heteroatoms. The summed E-state index contributed by atoms with van der Waals surface area (Å²) < 4.78 is 0. The van der Waals surface area contributed by atoms with E-state index >= 15 is 0 Å². The van der Waals surface area contributed by atoms with E-state index in [-0.39, 0.29) is 11.9 Å². The smallest absolute Gasteiger partial charge is 0.231 e. The van der Waals surface area contributed by atoms with Crippen molar-refractivity contribution in [2.24, 2.45) is 10.8 Å². The van der Waals surface area contributed by atoms with Gasteiger partial charge in [0.1, 0.15) is 5.82 Å². The third kappa shape index (κ3) is 5.46. The maximum atomic E-state index is 7.55. The number of nitrogens with one attached hydrogen (secondary N) is 6. The monoisotopic (exact) mass is 340 g/mol. The van der Waals surface area contributed by atoms with Crippen LogP contribution in [0.3, 0.4) is 0 Å². The Morgan fingerprint density at radius 3 is 2.76 bits per heavy atom. The van der Waals surface area contributed by atoms with Gasteiger partial charge < -0.3 is 16.4 Å². The highest BCUT2D eigenvalue weighted by molar-refractivity contribution is 6.00. The molecular weight excluding hydrogens is 320 g/mol. The van der Waals surface area contributed by atoms with Crippen molar-refractivity contribution in [3.8, 4) is 0 Å². The summed E-state index contributed by atoms with van der Waals surface area (Å²) >= 11 is 0. The van der Waals surface area contributed by atoms with Crippen LogP contribution < -0.4 is 27.1 Å². The summed E-state index contributed by atoms with van der Waals surface area (Å²) in [6.45, 7) is 1.81. The number of hydrazone groups is 1. The lowest BCUT2D eigenvalue weighted by atomic mass is 10.1. The molecule has 0 saturated carbocycles. The maximum absolute atomic E-state index is 7.55. The Kier molecular flexibility index (Phi) is 5.82. The average Bonchev–Trinajstić information content (AvgIpc) is 2.60. The molecule has 130 valence electrons. The zero-order valence-electron chi connectivity index (χ0n) is 13.9. The molecule has 0 aliphatic rings. The molecule has 1 aromatic heterocycles. The number of benzene rings is 1. The number of aromatic nitrogens is 2. The second-order valence-electron chi connectivity index (χ2n) is 4.94. The fourth-order valence-electron chi connectivity index (χ4n) is 1.84. The Balaban J connectivity index is 2.14. The molecule has 0 bridgehead atoms. The Labute approximate surface area is 145 Å². The SMILES string of the molecule is CNC(=N)Nc1nccc(Nc2cccc(/C(C)=N/NC(=N)N)c2)n1. The van der Waals surface area contributed by atoms with Crippen LogP contribution in [0.2, 0.25) is 0 Å². The van der Waals surface area contributed by atoms with E-state index in [2.05, 4.69) is 36.4 Å². The Morgan fingerprint density at radius 1 is 1.24 bits per heavy atom. The van der Waals surface area contributed by atoms with Gasteiger partial charge in [-0.25, -0.2) is 10.4 Å². The first-order valence-electron chi connectivity index (χ1n) is 7.36. The molecule has 0 amide bonds. The Bertz CT molecular complexity index is 798. The molecule has 8 N–H and O–H groups in total. The molecule has 0 aliphatic heterocycles. The number of rotatable bonds is 5. The first-order valence-corrected chi connectivity index (χ1v) is 7.36. The molecule has 0 aliphatic carbocycles. The zero-order chi connectivity index (χ0) is 18.2. The number of nitrogens with zero attached hydrogens (tertiary/aromatic N) is 3. The summed E-state index contributed by atoms with van der Waals surface area (Å²) in [6, 6.07) is 9.28. The molecule has 2 rings (SSSR count). The largest absolute Gasteiger partial charge is 0.369 e. The molecular formula is C15H20N10. The standard InChI is InChI=1S/C15H20N10/c1-9(24-25-13(16)17)10-4-3-5-11(8-10)21-12-6-7-20-15(22-12)23-14(18)19-2/h3-8H,1-2H3,(H4,16,17,25)(H4,18,19,20,21,22,23)/b24-9+. The lowest BCUT2D eigenvalue weighted by molar-refractivity contribution is 0.992. The molecule has 0 unspecified atom stereocenters. The van der Waals surface area contributed by atoms with Crippen molar-refractivity contribution < 1.29 is 0 Å². The first kappa shape index (κ1) is 17.7. The summed E-state index contributed by atoms with van der Waals surface area (Å²) in [5, 5.41) is 27.2. The number of anilines is 3. The van der Waals surface area contributed by atoms with Crippen molar-refractivity contribution in [2.75, 3.05) is 17.7 Å². The van der Waals surface area contributed by atoms with E-state index in [0.717, 1.165) is 11.3 Å². The van der Waals surface area contributed by atoms with Crippen LogP contribution in [0.1, 0.15) is 12.5 Å². The van der Waals surface area contributed by atoms with Crippen molar-refractivity contribution in [3.05, 3.63) is 42.1 Å². The molecule has 0 atom stereocenters. The molecule has 0 saturated heterocycles. The van der Waals surface area contributed by atoms with Gasteiger partial charge in [0.25, 0.3) is 0 Å². The van der Waals surface area contributed by atoms with Crippen molar-refractivity contribution >= 4 is 35.1 Å². The summed E-state index contributed by atoms with van der Waals surface area (Å²) in [5.74, 6) is 0.768. The molecule has 25 heavy (non-hydrogen) atoms. The predicted molar refractivity (Wildman–Crippen MR) is 99.4 cm³/mol. The highest BCUT2D eigenvalue weighted by Gasteiger charge is 2.04. The van der Waals surface area contributed by atoms with Crippen LogP contribution in [-0.4, -0.2) is 34.6 Å². The zero-order valence-corrected chi connectivity index (χ0v) is 13.9. The van der Waals surface area contributed by atoms with Crippen LogP contribution in [0, 0.1) is 10.8 Å². The molecule has 0 spiro atoms. The van der Waals surface area contributed by atoms with Crippen molar-refractivity contribution in [2.45, 2.75) is 6.92 Å². The molecule has 10 nitrogen and oxygen atoms in total. The Hall–Kier alpha value is -3.69. The van der Waals surface area contributed by atoms with Gasteiger partial charge in [-0.2, -0.15) is 10.1 Å². The first-order chi connectivity index (χ1) is 12.0. The predicted octanol–water partition coefficient (Wildman–Crippen LogP) is 0.993. The summed E-state index contributed by atoms with van der Waals surface area (Å²) in [7, 11) is 1.63. The van der Waals surface area contributed by atoms with Crippen LogP contribution in [0.25, 0.3) is 0 Å². The lowest BCUT2D eigenvalue weighted by Gasteiger charge is -2.10. The third-order valence-corrected chi connectivity index (χ3v) is 3.04. The molecule has 2 aromatic rings. The Morgan fingerprint density at radius 2 is 2.04 bits per heavy atom. The fourth-order valence-corrected chi connectivity index (χ4v) is 1.84. The number of nitrogens with two attached hydrogens (primary N) is 1. The fraction of sp³-hybridized carbons (Fsp3) is 0.133. The van der Waals surface area contributed by atoms with Gasteiger partial charge in [-0.3, -0.25) is 16.1 Å². The lowest BCUT2D eigenvalue weighted by Crippen LogP contribution is -2.26. The van der Waals surface area contributed by atoms with Gasteiger partial charge in [0.2, 0.25) is 11.9 Å². The van der Waals surface area contributed by atoms with E-state index in [1.54, 1.807) is 19.3 Å². The second-order valence-corrected chi connectivity index (χ2v) is 4.94. The summed E-state index contributed by atoms with van der Waals surface area (Å²) in [4.78, 5) is 8.34. The van der Waals surface area contributed by atoms with E-state index in [9.17, 15) is 0 Å². The molecule has 1 aromatic carbocycles. The highest BCUT2D eigenvalue weighted by atomic mass is 15.3. The topological polar surface area (TPSA) is 160 Å². The van der Waals surface area contributed by atoms with Crippen LogP contribution in [0.15, 0.2) is 41.6 Å². The average molecular weight is 340 g/mol. The van der Waals surface area contributed by atoms with Crippen molar-refractivity contribution in [1.82, 2.24) is 20.7 Å². The minimum Gasteiger partial charge on any atom is -0.369 e. The second kappa shape index (κ2) is 8.24. The minimum absolute atomic E-state index is 0.101. The van der Waals surface area contributed by atoms with Gasteiger partial charge in [0.15, 0.2) is 5.96 Å². The quantitative estimate of drug-likeness (QED) is 0.243. The highest BCUT2D eigenvalue weighted by Crippen LogP contribution is 2.17. The molecule has 0 radical (unpaired) electrons. The van der Waals surface area contributed by atoms with Crippen LogP contribution in [0.5, 0.6) is 0 Å².